The summed E-state index contributed by atoms with van der Waals surface area (Å²) in [7, 11) is 0. The van der Waals surface area contributed by atoms with E-state index in [9.17, 15) is 4.79 Å². The summed E-state index contributed by atoms with van der Waals surface area (Å²) in [4.78, 5) is 10.7. The summed E-state index contributed by atoms with van der Waals surface area (Å²) in [6, 6.07) is 7.33. The molecule has 4 N–H and O–H groups in total. The first kappa shape index (κ1) is 15.2. The molecular weight excluding hydrogens is 249 g/mol. The molecule has 0 spiro atoms. The number of carboxylic acids is 1. The Morgan fingerprint density at radius 3 is 2.38 bits per heavy atom. The van der Waals surface area contributed by atoms with E-state index in [-0.39, 0.29) is 24.7 Å². The Kier molecular flexibility index (Phi) is 7.13. The SMILES string of the molecule is [Cl-].[NH3+]CC[C@H](CC(=O)O)c1ccc(Cl)cc1. The smallest absolute Gasteiger partial charge is 0.303 e. The van der Waals surface area contributed by atoms with Crippen molar-refractivity contribution in [3.8, 4) is 0 Å². The van der Waals surface area contributed by atoms with Crippen molar-refractivity contribution < 1.29 is 28.0 Å². The summed E-state index contributed by atoms with van der Waals surface area (Å²) in [5, 5.41) is 9.45. The van der Waals surface area contributed by atoms with E-state index in [1.165, 1.54) is 0 Å². The highest BCUT2D eigenvalue weighted by atomic mass is 35.5. The first-order valence-electron chi connectivity index (χ1n) is 4.90. The number of hydrogen-bond donors (Lipinski definition) is 2. The highest BCUT2D eigenvalue weighted by molar-refractivity contribution is 6.30. The second-order valence-electron chi connectivity index (χ2n) is 3.49. The summed E-state index contributed by atoms with van der Waals surface area (Å²) < 4.78 is 0. The molecule has 90 valence electrons. The predicted octanol–water partition coefficient (Wildman–Crippen LogP) is -1.47. The van der Waals surface area contributed by atoms with E-state index < -0.39 is 5.97 Å². The lowest BCUT2D eigenvalue weighted by atomic mass is 9.93. The second-order valence-corrected chi connectivity index (χ2v) is 3.93. The maximum absolute atomic E-state index is 10.7. The molecule has 1 rings (SSSR count). The number of carbonyl (C=O) groups is 1. The van der Waals surface area contributed by atoms with E-state index >= 15 is 0 Å². The Morgan fingerprint density at radius 2 is 1.94 bits per heavy atom. The lowest BCUT2D eigenvalue weighted by molar-refractivity contribution is -0.369. The fraction of sp³-hybridized carbons (Fsp3) is 0.364. The molecule has 0 aromatic heterocycles. The number of hydrogen-bond acceptors (Lipinski definition) is 1. The fourth-order valence-corrected chi connectivity index (χ4v) is 1.70. The number of carboxylic acid groups (broad SMARTS) is 1. The molecule has 0 aliphatic carbocycles. The van der Waals surface area contributed by atoms with Gasteiger partial charge in [0.15, 0.2) is 0 Å². The van der Waals surface area contributed by atoms with Crippen LogP contribution in [0.1, 0.15) is 24.3 Å². The number of halogens is 2. The maximum atomic E-state index is 10.7. The van der Waals surface area contributed by atoms with Gasteiger partial charge in [0, 0.05) is 11.4 Å². The highest BCUT2D eigenvalue weighted by Gasteiger charge is 2.15. The van der Waals surface area contributed by atoms with Crippen molar-refractivity contribution in [3.05, 3.63) is 34.9 Å². The minimum Gasteiger partial charge on any atom is -1.00 e. The van der Waals surface area contributed by atoms with Gasteiger partial charge in [0.2, 0.25) is 0 Å². The van der Waals surface area contributed by atoms with Crippen LogP contribution in [0.2, 0.25) is 5.02 Å². The standard InChI is InChI=1S/C11H14ClNO2.ClH/c12-10-3-1-8(2-4-10)9(5-6-13)7-11(14)15;/h1-4,9H,5-7,13H2,(H,14,15);1H/t9-;/m1./s1. The zero-order chi connectivity index (χ0) is 11.3. The van der Waals surface area contributed by atoms with Gasteiger partial charge >= 0.3 is 5.97 Å². The zero-order valence-electron chi connectivity index (χ0n) is 8.83. The van der Waals surface area contributed by atoms with E-state index in [2.05, 4.69) is 5.73 Å². The third-order valence-electron chi connectivity index (χ3n) is 2.32. The Morgan fingerprint density at radius 1 is 1.38 bits per heavy atom. The van der Waals surface area contributed by atoms with Crippen molar-refractivity contribution >= 4 is 17.6 Å². The average Bonchev–Trinajstić information content (AvgIpc) is 2.17. The maximum Gasteiger partial charge on any atom is 0.303 e. The van der Waals surface area contributed by atoms with E-state index in [4.69, 9.17) is 16.7 Å². The molecule has 0 heterocycles. The van der Waals surface area contributed by atoms with Gasteiger partial charge in [-0.3, -0.25) is 4.79 Å². The number of quaternary nitrogens is 1. The van der Waals surface area contributed by atoms with Crippen LogP contribution < -0.4 is 18.1 Å². The van der Waals surface area contributed by atoms with Gasteiger partial charge < -0.3 is 23.2 Å². The molecule has 16 heavy (non-hydrogen) atoms. The van der Waals surface area contributed by atoms with Crippen LogP contribution in [0.4, 0.5) is 0 Å². The molecule has 3 nitrogen and oxygen atoms in total. The monoisotopic (exact) mass is 263 g/mol. The summed E-state index contributed by atoms with van der Waals surface area (Å²) in [6.07, 6.45) is 0.936. The van der Waals surface area contributed by atoms with Crippen LogP contribution >= 0.6 is 11.6 Å². The van der Waals surface area contributed by atoms with E-state index in [1.54, 1.807) is 12.1 Å². The molecule has 0 amide bonds. The van der Waals surface area contributed by atoms with Gasteiger partial charge in [0.05, 0.1) is 13.0 Å². The normalized spacial score (nSPS) is 11.6. The van der Waals surface area contributed by atoms with Crippen LogP contribution in [0.3, 0.4) is 0 Å². The van der Waals surface area contributed by atoms with Gasteiger partial charge in [0.1, 0.15) is 0 Å². The number of aliphatic carboxylic acids is 1. The van der Waals surface area contributed by atoms with E-state index in [0.29, 0.717) is 5.02 Å². The average molecular weight is 264 g/mol. The Labute approximate surface area is 106 Å². The number of benzene rings is 1. The van der Waals surface area contributed by atoms with Crippen LogP contribution in [0.5, 0.6) is 0 Å². The Bertz CT molecular complexity index is 327. The lowest BCUT2D eigenvalue weighted by Gasteiger charge is -2.13. The molecule has 0 saturated heterocycles. The predicted molar refractivity (Wildman–Crippen MR) is 58.8 cm³/mol. The third-order valence-corrected chi connectivity index (χ3v) is 2.57. The molecule has 0 saturated carbocycles. The topological polar surface area (TPSA) is 64.9 Å². The van der Waals surface area contributed by atoms with Crippen molar-refractivity contribution in [1.29, 1.82) is 0 Å². The lowest BCUT2D eigenvalue weighted by Crippen LogP contribution is -3.00. The largest absolute Gasteiger partial charge is 1.00 e. The fourth-order valence-electron chi connectivity index (χ4n) is 1.58. The van der Waals surface area contributed by atoms with Crippen LogP contribution in [0.25, 0.3) is 0 Å². The first-order valence-corrected chi connectivity index (χ1v) is 5.27. The highest BCUT2D eigenvalue weighted by Crippen LogP contribution is 2.24. The van der Waals surface area contributed by atoms with Crippen molar-refractivity contribution in [3.63, 3.8) is 0 Å². The van der Waals surface area contributed by atoms with Gasteiger partial charge in [-0.2, -0.15) is 0 Å². The quantitative estimate of drug-likeness (QED) is 0.682. The summed E-state index contributed by atoms with van der Waals surface area (Å²) in [5.41, 5.74) is 4.78. The Hall–Kier alpha value is -0.770. The van der Waals surface area contributed by atoms with Gasteiger partial charge in [0.25, 0.3) is 0 Å². The van der Waals surface area contributed by atoms with Gasteiger partial charge in [-0.05, 0) is 23.6 Å². The molecule has 0 aliphatic rings. The first-order chi connectivity index (χ1) is 7.13. The van der Waals surface area contributed by atoms with Crippen LogP contribution in [-0.4, -0.2) is 17.6 Å². The molecule has 0 bridgehead atoms. The van der Waals surface area contributed by atoms with Crippen LogP contribution in [0, 0.1) is 0 Å². The molecule has 5 heteroatoms. The molecule has 0 aliphatic heterocycles. The Balaban J connectivity index is 0.00000225. The molecule has 0 radical (unpaired) electrons. The van der Waals surface area contributed by atoms with Crippen molar-refractivity contribution in [2.75, 3.05) is 6.54 Å². The molecule has 0 fully saturated rings. The molecular formula is C11H15Cl2NO2. The molecule has 1 aromatic carbocycles. The summed E-state index contributed by atoms with van der Waals surface area (Å²) >= 11 is 5.77. The second kappa shape index (κ2) is 7.49. The van der Waals surface area contributed by atoms with Crippen LogP contribution in [0.15, 0.2) is 24.3 Å². The molecule has 1 aromatic rings. The van der Waals surface area contributed by atoms with Gasteiger partial charge in [-0.1, -0.05) is 23.7 Å². The minimum absolute atomic E-state index is 0. The minimum atomic E-state index is -0.775. The van der Waals surface area contributed by atoms with Crippen molar-refractivity contribution in [1.82, 2.24) is 0 Å². The van der Waals surface area contributed by atoms with E-state index in [1.807, 2.05) is 12.1 Å². The molecule has 1 atom stereocenters. The van der Waals surface area contributed by atoms with Crippen molar-refractivity contribution in [2.45, 2.75) is 18.8 Å². The van der Waals surface area contributed by atoms with Gasteiger partial charge in [-0.25, -0.2) is 0 Å². The van der Waals surface area contributed by atoms with Gasteiger partial charge in [-0.15, -0.1) is 0 Å². The third kappa shape index (κ3) is 4.84. The molecule has 0 unspecified atom stereocenters. The van der Waals surface area contributed by atoms with E-state index in [0.717, 1.165) is 18.5 Å². The zero-order valence-corrected chi connectivity index (χ0v) is 10.3. The van der Waals surface area contributed by atoms with Crippen LogP contribution in [-0.2, 0) is 4.79 Å². The summed E-state index contributed by atoms with van der Waals surface area (Å²) in [5.74, 6) is -0.735. The summed E-state index contributed by atoms with van der Waals surface area (Å²) in [6.45, 7) is 0.737. The van der Waals surface area contributed by atoms with Crippen molar-refractivity contribution in [2.24, 2.45) is 0 Å². The number of rotatable bonds is 5.